The zero-order chi connectivity index (χ0) is 21.6. The van der Waals surface area contributed by atoms with Gasteiger partial charge in [-0.1, -0.05) is 6.07 Å². The molecule has 0 saturated carbocycles. The van der Waals surface area contributed by atoms with Crippen molar-refractivity contribution in [2.75, 3.05) is 5.32 Å². The third-order valence-corrected chi connectivity index (χ3v) is 5.91. The molecule has 0 bridgehead atoms. The van der Waals surface area contributed by atoms with Crippen molar-refractivity contribution in [3.63, 3.8) is 0 Å². The standard InChI is InChI=1S/C23H28N8/c1-22(2)9-15(10-23(3,4)31-22)27-20-8-7-19(28-29-20)17-6-5-16(14-11-24-25-12-14)18-13-26-30-21(17)18/h5-8,11-13,15,31H,9-10H2,1-4H3,(H,24,25)(H,26,30)(H,27,29). The first kappa shape index (κ1) is 19.7. The number of aromatic amines is 2. The van der Waals surface area contributed by atoms with Crippen LogP contribution < -0.4 is 10.6 Å². The van der Waals surface area contributed by atoms with Gasteiger partial charge in [0.05, 0.1) is 23.6 Å². The maximum Gasteiger partial charge on any atom is 0.148 e. The molecule has 1 saturated heterocycles. The maximum absolute atomic E-state index is 4.51. The number of nitrogens with zero attached hydrogens (tertiary/aromatic N) is 4. The molecule has 0 radical (unpaired) electrons. The molecule has 8 heteroatoms. The van der Waals surface area contributed by atoms with Gasteiger partial charge in [0.15, 0.2) is 0 Å². The van der Waals surface area contributed by atoms with E-state index in [1.165, 1.54) is 0 Å². The Kier molecular flexibility index (Phi) is 4.55. The molecule has 0 atom stereocenters. The largest absolute Gasteiger partial charge is 0.366 e. The van der Waals surface area contributed by atoms with Crippen LogP contribution in [0.1, 0.15) is 40.5 Å². The fourth-order valence-electron chi connectivity index (χ4n) is 5.09. The summed E-state index contributed by atoms with van der Waals surface area (Å²) in [5, 5.41) is 31.6. The lowest BCUT2D eigenvalue weighted by molar-refractivity contribution is 0.170. The zero-order valence-electron chi connectivity index (χ0n) is 18.3. The number of anilines is 1. The number of aromatic nitrogens is 6. The van der Waals surface area contributed by atoms with Gasteiger partial charge in [-0.15, -0.1) is 10.2 Å². The van der Waals surface area contributed by atoms with E-state index in [0.717, 1.165) is 51.9 Å². The minimum atomic E-state index is 0.0791. The van der Waals surface area contributed by atoms with Gasteiger partial charge < -0.3 is 10.6 Å². The van der Waals surface area contributed by atoms with Crippen molar-refractivity contribution >= 4 is 16.7 Å². The Hall–Kier alpha value is -3.26. The second-order valence-corrected chi connectivity index (χ2v) is 9.75. The van der Waals surface area contributed by atoms with E-state index < -0.39 is 0 Å². The molecule has 1 fully saturated rings. The Morgan fingerprint density at radius 2 is 1.68 bits per heavy atom. The van der Waals surface area contributed by atoms with Gasteiger partial charge in [-0.05, 0) is 64.3 Å². The highest BCUT2D eigenvalue weighted by atomic mass is 15.2. The van der Waals surface area contributed by atoms with Crippen LogP contribution in [0.15, 0.2) is 42.9 Å². The first-order valence-electron chi connectivity index (χ1n) is 10.6. The van der Waals surface area contributed by atoms with Gasteiger partial charge in [0.25, 0.3) is 0 Å². The fourth-order valence-corrected chi connectivity index (χ4v) is 5.09. The summed E-state index contributed by atoms with van der Waals surface area (Å²) in [4.78, 5) is 0. The van der Waals surface area contributed by atoms with Crippen LogP contribution >= 0.6 is 0 Å². The molecule has 8 nitrogen and oxygen atoms in total. The quantitative estimate of drug-likeness (QED) is 0.398. The number of piperidine rings is 1. The Balaban J connectivity index is 1.40. The van der Waals surface area contributed by atoms with E-state index in [-0.39, 0.29) is 11.1 Å². The second-order valence-electron chi connectivity index (χ2n) is 9.75. The van der Waals surface area contributed by atoms with E-state index in [1.807, 2.05) is 30.7 Å². The third kappa shape index (κ3) is 3.90. The molecule has 1 aliphatic rings. The first-order valence-corrected chi connectivity index (χ1v) is 10.6. The minimum Gasteiger partial charge on any atom is -0.366 e. The number of rotatable bonds is 4. The number of hydrogen-bond acceptors (Lipinski definition) is 6. The van der Waals surface area contributed by atoms with Gasteiger partial charge in [0, 0.05) is 39.8 Å². The van der Waals surface area contributed by atoms with Crippen LogP contribution in [0.2, 0.25) is 0 Å². The average molecular weight is 417 g/mol. The van der Waals surface area contributed by atoms with E-state index in [1.54, 1.807) is 0 Å². The Morgan fingerprint density at radius 1 is 0.903 bits per heavy atom. The van der Waals surface area contributed by atoms with Crippen LogP contribution in [0, 0.1) is 0 Å². The van der Waals surface area contributed by atoms with Crippen LogP contribution in [0.4, 0.5) is 5.82 Å². The lowest BCUT2D eigenvalue weighted by Gasteiger charge is -2.46. The zero-order valence-corrected chi connectivity index (χ0v) is 18.3. The number of benzene rings is 1. The Labute approximate surface area is 181 Å². The summed E-state index contributed by atoms with van der Waals surface area (Å²) in [5.74, 6) is 0.804. The Morgan fingerprint density at radius 3 is 2.35 bits per heavy atom. The van der Waals surface area contributed by atoms with Crippen LogP contribution in [-0.4, -0.2) is 47.7 Å². The smallest absolute Gasteiger partial charge is 0.148 e. The third-order valence-electron chi connectivity index (χ3n) is 5.91. The molecule has 5 rings (SSSR count). The van der Waals surface area contributed by atoms with Gasteiger partial charge >= 0.3 is 0 Å². The predicted molar refractivity (Wildman–Crippen MR) is 123 cm³/mol. The molecular weight excluding hydrogens is 388 g/mol. The summed E-state index contributed by atoms with van der Waals surface area (Å²) in [6.45, 7) is 9.00. The monoisotopic (exact) mass is 416 g/mol. The van der Waals surface area contributed by atoms with E-state index in [2.05, 4.69) is 81.1 Å². The summed E-state index contributed by atoms with van der Waals surface area (Å²) >= 11 is 0. The summed E-state index contributed by atoms with van der Waals surface area (Å²) in [7, 11) is 0. The van der Waals surface area contributed by atoms with E-state index >= 15 is 0 Å². The lowest BCUT2D eigenvalue weighted by atomic mass is 9.79. The highest BCUT2D eigenvalue weighted by Gasteiger charge is 2.37. The lowest BCUT2D eigenvalue weighted by Crippen LogP contribution is -2.60. The van der Waals surface area contributed by atoms with E-state index in [0.29, 0.717) is 6.04 Å². The van der Waals surface area contributed by atoms with Crippen LogP contribution in [0.25, 0.3) is 33.3 Å². The van der Waals surface area contributed by atoms with Crippen LogP contribution in [0.5, 0.6) is 0 Å². The van der Waals surface area contributed by atoms with E-state index in [4.69, 9.17) is 0 Å². The molecule has 3 aromatic heterocycles. The molecule has 31 heavy (non-hydrogen) atoms. The molecular formula is C23H28N8. The van der Waals surface area contributed by atoms with Crippen molar-refractivity contribution in [3.8, 4) is 22.4 Å². The molecule has 0 aliphatic carbocycles. The number of H-pyrrole nitrogens is 2. The van der Waals surface area contributed by atoms with Gasteiger partial charge in [-0.3, -0.25) is 10.2 Å². The molecule has 1 aliphatic heterocycles. The molecule has 160 valence electrons. The molecule has 0 unspecified atom stereocenters. The van der Waals surface area contributed by atoms with Crippen molar-refractivity contribution < 1.29 is 0 Å². The van der Waals surface area contributed by atoms with Gasteiger partial charge in [-0.2, -0.15) is 10.2 Å². The molecule has 4 aromatic rings. The van der Waals surface area contributed by atoms with Crippen LogP contribution in [-0.2, 0) is 0 Å². The first-order chi connectivity index (χ1) is 14.8. The summed E-state index contributed by atoms with van der Waals surface area (Å²) in [6, 6.07) is 8.50. The van der Waals surface area contributed by atoms with Gasteiger partial charge in [0.2, 0.25) is 0 Å². The number of fused-ring (bicyclic) bond motifs is 1. The summed E-state index contributed by atoms with van der Waals surface area (Å²) in [6.07, 6.45) is 7.59. The van der Waals surface area contributed by atoms with E-state index in [9.17, 15) is 0 Å². The topological polar surface area (TPSA) is 107 Å². The van der Waals surface area contributed by atoms with Crippen molar-refractivity contribution in [3.05, 3.63) is 42.9 Å². The fraction of sp³-hybridized carbons (Fsp3) is 0.391. The maximum atomic E-state index is 4.51. The second kappa shape index (κ2) is 7.16. The summed E-state index contributed by atoms with van der Waals surface area (Å²) < 4.78 is 0. The highest BCUT2D eigenvalue weighted by molar-refractivity contribution is 6.01. The Bertz CT molecular complexity index is 1170. The number of nitrogens with one attached hydrogen (secondary N) is 4. The van der Waals surface area contributed by atoms with Crippen molar-refractivity contribution in [2.24, 2.45) is 0 Å². The molecule has 0 spiro atoms. The van der Waals surface area contributed by atoms with Crippen LogP contribution in [0.3, 0.4) is 0 Å². The minimum absolute atomic E-state index is 0.0791. The SMILES string of the molecule is CC1(C)CC(Nc2ccc(-c3ccc(-c4cn[nH]c4)c4cn[nH]c34)nn2)CC(C)(C)N1. The van der Waals surface area contributed by atoms with Gasteiger partial charge in [0.1, 0.15) is 5.82 Å². The molecule has 1 aromatic carbocycles. The average Bonchev–Trinajstić information content (AvgIpc) is 3.38. The van der Waals surface area contributed by atoms with Gasteiger partial charge in [-0.25, -0.2) is 0 Å². The summed E-state index contributed by atoms with van der Waals surface area (Å²) in [5.41, 5.74) is 4.98. The molecule has 0 amide bonds. The highest BCUT2D eigenvalue weighted by Crippen LogP contribution is 2.34. The van der Waals surface area contributed by atoms with Crippen molar-refractivity contribution in [1.82, 2.24) is 35.9 Å². The van der Waals surface area contributed by atoms with Crippen molar-refractivity contribution in [2.45, 2.75) is 57.7 Å². The molecule has 4 N–H and O–H groups in total. The number of hydrogen-bond donors (Lipinski definition) is 4. The predicted octanol–water partition coefficient (Wildman–Crippen LogP) is 4.13. The van der Waals surface area contributed by atoms with Crippen molar-refractivity contribution in [1.29, 1.82) is 0 Å². The normalized spacial score (nSPS) is 18.3. The molecule has 4 heterocycles.